The molecule has 9 heteroatoms. The summed E-state index contributed by atoms with van der Waals surface area (Å²) in [4.78, 5) is 47.9. The zero-order chi connectivity index (χ0) is 24.5. The Kier molecular flexibility index (Phi) is 8.28. The molecule has 8 nitrogen and oxygen atoms in total. The van der Waals surface area contributed by atoms with Crippen molar-refractivity contribution in [3.05, 3.63) is 83.7 Å². The Labute approximate surface area is 194 Å². The minimum Gasteiger partial charge on any atom is -0.481 e. The molecule has 3 aromatic rings. The minimum atomic E-state index is -1.47. The second kappa shape index (κ2) is 11.6. The van der Waals surface area contributed by atoms with E-state index in [1.807, 2.05) is 0 Å². The van der Waals surface area contributed by atoms with Gasteiger partial charge < -0.3 is 19.9 Å². The third-order valence-electron chi connectivity index (χ3n) is 4.95. The standard InChI is InChI=1S/C25H22FNO7/c26-20-11-10-17-8-4-5-9-18(17)19(20)12-24(31)33-15-22(28)21(13-23(29)30)27-25(32)34-14-16-6-2-1-3-7-16/h1-11,21H,12-15H2,(H,27,32)(H,29,30). The molecule has 0 aliphatic heterocycles. The largest absolute Gasteiger partial charge is 0.481 e. The highest BCUT2D eigenvalue weighted by atomic mass is 19.1. The molecule has 0 saturated heterocycles. The Hall–Kier alpha value is -4.27. The van der Waals surface area contributed by atoms with Gasteiger partial charge in [0.15, 0.2) is 12.4 Å². The number of alkyl carbamates (subject to hydrolysis) is 1. The second-order valence-corrected chi connectivity index (χ2v) is 7.41. The van der Waals surface area contributed by atoms with E-state index < -0.39 is 55.1 Å². The Morgan fingerprint density at radius 2 is 1.62 bits per heavy atom. The van der Waals surface area contributed by atoms with Crippen molar-refractivity contribution in [3.63, 3.8) is 0 Å². The van der Waals surface area contributed by atoms with E-state index in [2.05, 4.69) is 5.32 Å². The average molecular weight is 467 g/mol. The highest BCUT2D eigenvalue weighted by Gasteiger charge is 2.26. The van der Waals surface area contributed by atoms with Crippen LogP contribution >= 0.6 is 0 Å². The molecule has 0 saturated carbocycles. The summed E-state index contributed by atoms with van der Waals surface area (Å²) in [5.74, 6) is -3.64. The van der Waals surface area contributed by atoms with Crippen LogP contribution in [0.2, 0.25) is 0 Å². The van der Waals surface area contributed by atoms with Crippen molar-refractivity contribution in [1.82, 2.24) is 5.32 Å². The first-order valence-corrected chi connectivity index (χ1v) is 10.4. The summed E-state index contributed by atoms with van der Waals surface area (Å²) in [6.45, 7) is -0.867. The van der Waals surface area contributed by atoms with Gasteiger partial charge in [-0.2, -0.15) is 0 Å². The molecule has 3 aromatic carbocycles. The number of hydrogen-bond acceptors (Lipinski definition) is 6. The molecule has 0 bridgehead atoms. The molecule has 1 amide bonds. The molecule has 0 heterocycles. The second-order valence-electron chi connectivity index (χ2n) is 7.41. The Balaban J connectivity index is 1.57. The number of esters is 1. The molecule has 0 radical (unpaired) electrons. The molecule has 0 aromatic heterocycles. The van der Waals surface area contributed by atoms with Crippen LogP contribution in [-0.4, -0.2) is 41.6 Å². The summed E-state index contributed by atoms with van der Waals surface area (Å²) >= 11 is 0. The zero-order valence-corrected chi connectivity index (χ0v) is 18.0. The lowest BCUT2D eigenvalue weighted by Crippen LogP contribution is -2.44. The van der Waals surface area contributed by atoms with Crippen LogP contribution in [-0.2, 0) is 36.9 Å². The minimum absolute atomic E-state index is 0.0771. The number of amides is 1. The Morgan fingerprint density at radius 1 is 0.912 bits per heavy atom. The van der Waals surface area contributed by atoms with Crippen LogP contribution in [0.3, 0.4) is 0 Å². The maximum absolute atomic E-state index is 14.3. The van der Waals surface area contributed by atoms with E-state index in [4.69, 9.17) is 14.6 Å². The van der Waals surface area contributed by atoms with Gasteiger partial charge in [-0.1, -0.05) is 60.7 Å². The summed E-state index contributed by atoms with van der Waals surface area (Å²) in [7, 11) is 0. The van der Waals surface area contributed by atoms with Gasteiger partial charge in [-0.15, -0.1) is 0 Å². The summed E-state index contributed by atoms with van der Waals surface area (Å²) in [5, 5.41) is 12.5. The quantitative estimate of drug-likeness (QED) is 0.439. The van der Waals surface area contributed by atoms with Gasteiger partial charge >= 0.3 is 18.0 Å². The number of Topliss-reactive ketones (excluding diaryl/α,β-unsaturated/α-hetero) is 1. The van der Waals surface area contributed by atoms with Gasteiger partial charge in [0.25, 0.3) is 0 Å². The molecular weight excluding hydrogens is 445 g/mol. The molecule has 1 atom stereocenters. The molecule has 0 aliphatic carbocycles. The average Bonchev–Trinajstić information content (AvgIpc) is 2.83. The van der Waals surface area contributed by atoms with E-state index in [9.17, 15) is 23.6 Å². The third-order valence-corrected chi connectivity index (χ3v) is 4.95. The summed E-state index contributed by atoms with van der Waals surface area (Å²) in [6, 6.07) is 17.0. The lowest BCUT2D eigenvalue weighted by molar-refractivity contribution is -0.148. The van der Waals surface area contributed by atoms with Crippen LogP contribution in [0.5, 0.6) is 0 Å². The van der Waals surface area contributed by atoms with Gasteiger partial charge in [-0.25, -0.2) is 9.18 Å². The Bertz CT molecular complexity index is 1200. The molecule has 3 rings (SSSR count). The van der Waals surface area contributed by atoms with Crippen molar-refractivity contribution in [2.45, 2.75) is 25.5 Å². The van der Waals surface area contributed by atoms with Gasteiger partial charge in [0.1, 0.15) is 18.5 Å². The van der Waals surface area contributed by atoms with Gasteiger partial charge in [-0.05, 0) is 22.4 Å². The predicted octanol–water partition coefficient (Wildman–Crippen LogP) is 3.40. The van der Waals surface area contributed by atoms with Gasteiger partial charge in [0.05, 0.1) is 12.8 Å². The number of aliphatic carboxylic acids is 1. The molecule has 176 valence electrons. The van der Waals surface area contributed by atoms with E-state index in [0.29, 0.717) is 10.9 Å². The molecule has 0 spiro atoms. The first-order valence-electron chi connectivity index (χ1n) is 10.4. The zero-order valence-electron chi connectivity index (χ0n) is 18.0. The number of halogens is 1. The van der Waals surface area contributed by atoms with E-state index in [1.165, 1.54) is 6.07 Å². The topological polar surface area (TPSA) is 119 Å². The van der Waals surface area contributed by atoms with Crippen LogP contribution in [0.4, 0.5) is 9.18 Å². The van der Waals surface area contributed by atoms with Crippen molar-refractivity contribution in [3.8, 4) is 0 Å². The number of carboxylic acids is 1. The number of hydrogen-bond donors (Lipinski definition) is 2. The van der Waals surface area contributed by atoms with Crippen molar-refractivity contribution in [2.24, 2.45) is 0 Å². The third kappa shape index (κ3) is 6.86. The molecule has 34 heavy (non-hydrogen) atoms. The highest BCUT2D eigenvalue weighted by Crippen LogP contribution is 2.22. The van der Waals surface area contributed by atoms with Gasteiger partial charge in [0, 0.05) is 5.56 Å². The summed E-state index contributed by atoms with van der Waals surface area (Å²) < 4.78 is 24.2. The van der Waals surface area contributed by atoms with Crippen LogP contribution in [0, 0.1) is 5.82 Å². The van der Waals surface area contributed by atoms with Crippen molar-refractivity contribution >= 4 is 34.6 Å². The van der Waals surface area contributed by atoms with Gasteiger partial charge in [-0.3, -0.25) is 14.4 Å². The lowest BCUT2D eigenvalue weighted by atomic mass is 10.0. The number of ether oxygens (including phenoxy) is 2. The maximum atomic E-state index is 14.3. The number of carboxylic acid groups (broad SMARTS) is 1. The van der Waals surface area contributed by atoms with Crippen LogP contribution in [0.1, 0.15) is 17.5 Å². The van der Waals surface area contributed by atoms with E-state index >= 15 is 0 Å². The highest BCUT2D eigenvalue weighted by molar-refractivity contribution is 5.93. The number of ketones is 1. The first kappa shape index (κ1) is 24.4. The first-order chi connectivity index (χ1) is 16.3. The monoisotopic (exact) mass is 467 g/mol. The van der Waals surface area contributed by atoms with Crippen LogP contribution in [0.15, 0.2) is 66.7 Å². The van der Waals surface area contributed by atoms with E-state index in [1.54, 1.807) is 60.7 Å². The van der Waals surface area contributed by atoms with Crippen molar-refractivity contribution < 1.29 is 38.1 Å². The SMILES string of the molecule is O=C(O)CC(NC(=O)OCc1ccccc1)C(=O)COC(=O)Cc1c(F)ccc2ccccc12. The van der Waals surface area contributed by atoms with Crippen molar-refractivity contribution in [1.29, 1.82) is 0 Å². The number of carbonyl (C=O) groups excluding carboxylic acids is 3. The fourth-order valence-corrected chi connectivity index (χ4v) is 3.26. The molecule has 1 unspecified atom stereocenters. The van der Waals surface area contributed by atoms with Gasteiger partial charge in [0.2, 0.25) is 0 Å². The Morgan fingerprint density at radius 3 is 2.35 bits per heavy atom. The summed E-state index contributed by atoms with van der Waals surface area (Å²) in [6.07, 6.45) is -2.14. The van der Waals surface area contributed by atoms with Crippen molar-refractivity contribution in [2.75, 3.05) is 6.61 Å². The number of fused-ring (bicyclic) bond motifs is 1. The molecule has 2 N–H and O–H groups in total. The number of rotatable bonds is 10. The van der Waals surface area contributed by atoms with Crippen LogP contribution < -0.4 is 5.32 Å². The maximum Gasteiger partial charge on any atom is 0.408 e. The van der Waals surface area contributed by atoms with E-state index in [0.717, 1.165) is 5.39 Å². The fourth-order valence-electron chi connectivity index (χ4n) is 3.26. The normalized spacial score (nSPS) is 11.4. The number of nitrogens with one attached hydrogen (secondary N) is 1. The smallest absolute Gasteiger partial charge is 0.408 e. The number of benzene rings is 3. The number of carbonyl (C=O) groups is 4. The molecular formula is C25H22FNO7. The molecule has 0 fully saturated rings. The predicted molar refractivity (Wildman–Crippen MR) is 119 cm³/mol. The fraction of sp³-hybridized carbons (Fsp3) is 0.200. The van der Waals surface area contributed by atoms with Crippen LogP contribution in [0.25, 0.3) is 10.8 Å². The lowest BCUT2D eigenvalue weighted by Gasteiger charge is -2.16. The summed E-state index contributed by atoms with van der Waals surface area (Å²) in [5.41, 5.74) is 0.827. The van der Waals surface area contributed by atoms with E-state index in [-0.39, 0.29) is 12.2 Å². The molecule has 0 aliphatic rings.